The largest absolute Gasteiger partial charge is 0.359 e. The van der Waals surface area contributed by atoms with Gasteiger partial charge in [0, 0.05) is 20.0 Å². The Morgan fingerprint density at radius 2 is 1.91 bits per heavy atom. The SMILES string of the molecule is CC=NC(C)C.CNC(C)=O. The van der Waals surface area contributed by atoms with Crippen LogP contribution in [0.5, 0.6) is 0 Å². The number of amides is 1. The highest BCUT2D eigenvalue weighted by molar-refractivity contribution is 5.72. The molecule has 1 N–H and O–H groups in total. The van der Waals surface area contributed by atoms with Gasteiger partial charge >= 0.3 is 0 Å². The highest BCUT2D eigenvalue weighted by Crippen LogP contribution is 1.80. The standard InChI is InChI=1S/C5H11N.C3H7NO/c1-4-6-5(2)3;1-3(5)4-2/h4-5H,1-3H3;1-2H3,(H,4,5). The van der Waals surface area contributed by atoms with E-state index in [1.165, 1.54) is 6.92 Å². The lowest BCUT2D eigenvalue weighted by Crippen LogP contribution is -2.11. The van der Waals surface area contributed by atoms with Gasteiger partial charge in [-0.25, -0.2) is 0 Å². The summed E-state index contributed by atoms with van der Waals surface area (Å²) in [5, 5.41) is 2.39. The third-order valence-electron chi connectivity index (χ3n) is 0.799. The fourth-order valence-corrected chi connectivity index (χ4v) is 0.298. The van der Waals surface area contributed by atoms with Crippen molar-refractivity contribution in [2.24, 2.45) is 4.99 Å². The Kier molecular flexibility index (Phi) is 10.6. The summed E-state index contributed by atoms with van der Waals surface area (Å²) in [7, 11) is 1.60. The first-order chi connectivity index (χ1) is 5.04. The minimum absolute atomic E-state index is 0.00463. The second-order valence-electron chi connectivity index (χ2n) is 2.31. The molecule has 1 amide bonds. The number of aliphatic imine (C=N–C) groups is 1. The molecule has 0 heterocycles. The Labute approximate surface area is 68.9 Å². The van der Waals surface area contributed by atoms with Crippen molar-refractivity contribution in [1.29, 1.82) is 0 Å². The van der Waals surface area contributed by atoms with Gasteiger partial charge in [-0.1, -0.05) is 0 Å². The third kappa shape index (κ3) is 27.2. The molecule has 0 aromatic carbocycles. The zero-order valence-corrected chi connectivity index (χ0v) is 8.01. The van der Waals surface area contributed by atoms with E-state index in [1.807, 2.05) is 13.1 Å². The maximum absolute atomic E-state index is 9.70. The lowest BCUT2D eigenvalue weighted by Gasteiger charge is -1.88. The van der Waals surface area contributed by atoms with E-state index in [0.717, 1.165) is 0 Å². The Balaban J connectivity index is 0. The van der Waals surface area contributed by atoms with Crippen molar-refractivity contribution in [1.82, 2.24) is 5.32 Å². The molecule has 0 aliphatic rings. The molecule has 0 atom stereocenters. The van der Waals surface area contributed by atoms with Crippen molar-refractivity contribution < 1.29 is 4.79 Å². The maximum atomic E-state index is 9.70. The lowest BCUT2D eigenvalue weighted by atomic mass is 10.4. The van der Waals surface area contributed by atoms with Crippen LogP contribution in [0.3, 0.4) is 0 Å². The summed E-state index contributed by atoms with van der Waals surface area (Å²) < 4.78 is 0. The molecule has 3 heteroatoms. The third-order valence-corrected chi connectivity index (χ3v) is 0.799. The van der Waals surface area contributed by atoms with E-state index in [1.54, 1.807) is 7.05 Å². The van der Waals surface area contributed by atoms with Crippen LogP contribution in [0.2, 0.25) is 0 Å². The van der Waals surface area contributed by atoms with Crippen LogP contribution < -0.4 is 5.32 Å². The number of nitrogens with zero attached hydrogens (tertiary/aromatic N) is 1. The van der Waals surface area contributed by atoms with Gasteiger partial charge in [-0.3, -0.25) is 9.79 Å². The van der Waals surface area contributed by atoms with Crippen LogP contribution in [0, 0.1) is 0 Å². The van der Waals surface area contributed by atoms with Gasteiger partial charge in [0.25, 0.3) is 0 Å². The van der Waals surface area contributed by atoms with Crippen LogP contribution in [-0.4, -0.2) is 25.2 Å². The highest BCUT2D eigenvalue weighted by Gasteiger charge is 1.76. The van der Waals surface area contributed by atoms with Crippen LogP contribution in [0.1, 0.15) is 27.7 Å². The van der Waals surface area contributed by atoms with E-state index in [-0.39, 0.29) is 5.91 Å². The van der Waals surface area contributed by atoms with Crippen LogP contribution >= 0.6 is 0 Å². The predicted molar refractivity (Wildman–Crippen MR) is 49.0 cm³/mol. The molecule has 0 radical (unpaired) electrons. The lowest BCUT2D eigenvalue weighted by molar-refractivity contribution is -0.118. The summed E-state index contributed by atoms with van der Waals surface area (Å²) in [4.78, 5) is 13.7. The van der Waals surface area contributed by atoms with Gasteiger partial charge in [0.1, 0.15) is 0 Å². The minimum Gasteiger partial charge on any atom is -0.359 e. The van der Waals surface area contributed by atoms with Gasteiger partial charge in [-0.15, -0.1) is 0 Å². The molecular formula is C8H18N2O. The molecule has 0 aliphatic carbocycles. The van der Waals surface area contributed by atoms with Gasteiger partial charge in [-0.2, -0.15) is 0 Å². The summed E-state index contributed by atoms with van der Waals surface area (Å²) in [5.41, 5.74) is 0. The summed E-state index contributed by atoms with van der Waals surface area (Å²) in [6, 6.07) is 0.468. The Morgan fingerprint density at radius 3 is 1.91 bits per heavy atom. The number of nitrogens with one attached hydrogen (secondary N) is 1. The fourth-order valence-electron chi connectivity index (χ4n) is 0.298. The molecule has 0 saturated carbocycles. The zero-order valence-electron chi connectivity index (χ0n) is 8.01. The molecule has 0 aliphatic heterocycles. The summed E-state index contributed by atoms with van der Waals surface area (Å²) >= 11 is 0. The monoisotopic (exact) mass is 158 g/mol. The van der Waals surface area contributed by atoms with E-state index in [2.05, 4.69) is 24.2 Å². The minimum atomic E-state index is 0.00463. The topological polar surface area (TPSA) is 41.5 Å². The Morgan fingerprint density at radius 1 is 1.55 bits per heavy atom. The first-order valence-electron chi connectivity index (χ1n) is 3.70. The van der Waals surface area contributed by atoms with Crippen molar-refractivity contribution in [2.45, 2.75) is 33.7 Å². The fraction of sp³-hybridized carbons (Fsp3) is 0.750. The van der Waals surface area contributed by atoms with Gasteiger partial charge < -0.3 is 5.32 Å². The van der Waals surface area contributed by atoms with E-state index in [0.29, 0.717) is 6.04 Å². The Bertz CT molecular complexity index is 119. The number of hydrogen-bond acceptors (Lipinski definition) is 2. The molecule has 66 valence electrons. The van der Waals surface area contributed by atoms with Crippen molar-refractivity contribution in [3.8, 4) is 0 Å². The van der Waals surface area contributed by atoms with Crippen molar-refractivity contribution >= 4 is 12.1 Å². The van der Waals surface area contributed by atoms with Gasteiger partial charge in [0.2, 0.25) is 5.91 Å². The molecule has 0 unspecified atom stereocenters. The van der Waals surface area contributed by atoms with E-state index in [4.69, 9.17) is 0 Å². The summed E-state index contributed by atoms with van der Waals surface area (Å²) in [5.74, 6) is 0.00463. The Hall–Kier alpha value is -0.860. The van der Waals surface area contributed by atoms with E-state index < -0.39 is 0 Å². The number of carbonyl (C=O) groups is 1. The summed E-state index contributed by atoms with van der Waals surface area (Å²) in [6.45, 7) is 7.51. The van der Waals surface area contributed by atoms with Crippen LogP contribution in [0.25, 0.3) is 0 Å². The second kappa shape index (κ2) is 9.14. The van der Waals surface area contributed by atoms with Gasteiger partial charge in [0.05, 0.1) is 0 Å². The molecule has 0 rings (SSSR count). The quantitative estimate of drug-likeness (QED) is 0.573. The second-order valence-corrected chi connectivity index (χ2v) is 2.31. The highest BCUT2D eigenvalue weighted by atomic mass is 16.1. The smallest absolute Gasteiger partial charge is 0.216 e. The van der Waals surface area contributed by atoms with Crippen LogP contribution in [0.15, 0.2) is 4.99 Å². The van der Waals surface area contributed by atoms with Crippen molar-refractivity contribution in [2.75, 3.05) is 7.05 Å². The molecule has 3 nitrogen and oxygen atoms in total. The number of carbonyl (C=O) groups excluding carboxylic acids is 1. The molecule has 0 bridgehead atoms. The van der Waals surface area contributed by atoms with E-state index in [9.17, 15) is 4.79 Å². The molecule has 0 saturated heterocycles. The zero-order chi connectivity index (χ0) is 9.28. The molecule has 0 aromatic heterocycles. The van der Waals surface area contributed by atoms with Crippen LogP contribution in [0.4, 0.5) is 0 Å². The normalized spacial score (nSPS) is 9.27. The predicted octanol–water partition coefficient (Wildman–Crippen LogP) is 1.24. The molecule has 0 spiro atoms. The van der Waals surface area contributed by atoms with Crippen molar-refractivity contribution in [3.63, 3.8) is 0 Å². The maximum Gasteiger partial charge on any atom is 0.216 e. The van der Waals surface area contributed by atoms with Crippen molar-refractivity contribution in [3.05, 3.63) is 0 Å². The van der Waals surface area contributed by atoms with Crippen LogP contribution in [-0.2, 0) is 4.79 Å². The molecular weight excluding hydrogens is 140 g/mol. The average Bonchev–Trinajstić information content (AvgIpc) is 1.89. The molecule has 0 fully saturated rings. The van der Waals surface area contributed by atoms with Gasteiger partial charge in [-0.05, 0) is 27.0 Å². The molecule has 11 heavy (non-hydrogen) atoms. The average molecular weight is 158 g/mol. The summed E-state index contributed by atoms with van der Waals surface area (Å²) in [6.07, 6.45) is 1.82. The van der Waals surface area contributed by atoms with E-state index >= 15 is 0 Å². The number of rotatable bonds is 1. The first-order valence-corrected chi connectivity index (χ1v) is 3.70. The number of hydrogen-bond donors (Lipinski definition) is 1. The first kappa shape index (κ1) is 12.8. The molecule has 0 aromatic rings. The van der Waals surface area contributed by atoms with Gasteiger partial charge in [0.15, 0.2) is 0 Å².